The second-order valence-electron chi connectivity index (χ2n) is 17.6. The molecule has 1 heterocycles. The van der Waals surface area contributed by atoms with Crippen molar-refractivity contribution in [2.75, 3.05) is 6.61 Å². The molecule has 0 spiro atoms. The molecule has 0 aromatic heterocycles. The summed E-state index contributed by atoms with van der Waals surface area (Å²) in [5, 5.41) is 21.6. The number of allylic oxidation sites excluding steroid dienone is 13. The number of ether oxygens (including phenoxy) is 3. The van der Waals surface area contributed by atoms with Crippen LogP contribution in [0.4, 0.5) is 0 Å². The maximum Gasteiger partial charge on any atom is 0.306 e. The molecule has 0 amide bonds. The van der Waals surface area contributed by atoms with Crippen molar-refractivity contribution in [2.24, 2.45) is 10.8 Å². The zero-order chi connectivity index (χ0) is 42.8. The quantitative estimate of drug-likeness (QED) is 0.0369. The van der Waals surface area contributed by atoms with Gasteiger partial charge >= 0.3 is 11.9 Å². The molecule has 57 heavy (non-hydrogen) atoms. The van der Waals surface area contributed by atoms with Crippen LogP contribution < -0.4 is 0 Å². The maximum atomic E-state index is 13.2. The molecule has 0 aromatic carbocycles. The van der Waals surface area contributed by atoms with Crippen LogP contribution in [0.15, 0.2) is 100 Å². The zero-order valence-electron chi connectivity index (χ0n) is 36.1. The lowest BCUT2D eigenvalue weighted by molar-refractivity contribution is -0.152. The van der Waals surface area contributed by atoms with Gasteiger partial charge in [-0.25, -0.2) is 0 Å². The van der Waals surface area contributed by atoms with Crippen LogP contribution in [0.25, 0.3) is 0 Å². The molecule has 1 aliphatic heterocycles. The number of epoxide rings is 1. The fraction of sp³-hybridized carbons (Fsp3) is 0.562. The van der Waals surface area contributed by atoms with Crippen molar-refractivity contribution in [1.82, 2.24) is 0 Å². The lowest BCUT2D eigenvalue weighted by atomic mass is 9.61. The minimum absolute atomic E-state index is 0.0657. The van der Waals surface area contributed by atoms with Crippen molar-refractivity contribution in [3.8, 4) is 0 Å². The third kappa shape index (κ3) is 12.4. The molecule has 2 aliphatic carbocycles. The summed E-state index contributed by atoms with van der Waals surface area (Å²) >= 11 is 0. The van der Waals surface area contributed by atoms with E-state index < -0.39 is 39.8 Å². The van der Waals surface area contributed by atoms with Crippen LogP contribution in [-0.2, 0) is 33.4 Å². The van der Waals surface area contributed by atoms with Crippen LogP contribution in [0.3, 0.4) is 0 Å². The van der Waals surface area contributed by atoms with Gasteiger partial charge in [-0.05, 0) is 76.5 Å². The van der Waals surface area contributed by atoms with E-state index in [4.69, 9.17) is 14.2 Å². The second-order valence-corrected chi connectivity index (χ2v) is 17.6. The summed E-state index contributed by atoms with van der Waals surface area (Å²) in [4.78, 5) is 49.8. The van der Waals surface area contributed by atoms with Crippen molar-refractivity contribution < 1.29 is 43.6 Å². The van der Waals surface area contributed by atoms with Gasteiger partial charge in [-0.3, -0.25) is 19.2 Å². The average Bonchev–Trinajstić information content (AvgIpc) is 3.73. The highest BCUT2D eigenvalue weighted by molar-refractivity contribution is 6.01. The van der Waals surface area contributed by atoms with E-state index in [2.05, 4.69) is 12.7 Å². The summed E-state index contributed by atoms with van der Waals surface area (Å²) in [5.41, 5.74) is 2.97. The molecular formula is C48H66O9. The van der Waals surface area contributed by atoms with Gasteiger partial charge in [-0.2, -0.15) is 0 Å². The normalized spacial score (nSPS) is 29.1. The second kappa shape index (κ2) is 19.5. The molecule has 3 aliphatic rings. The fourth-order valence-corrected chi connectivity index (χ4v) is 8.26. The molecule has 2 saturated carbocycles. The third-order valence-electron chi connectivity index (χ3n) is 11.4. The number of rotatable bonds is 17. The van der Waals surface area contributed by atoms with Crippen LogP contribution in [0, 0.1) is 10.8 Å². The minimum atomic E-state index is -1.24. The minimum Gasteiger partial charge on any atom is -0.462 e. The van der Waals surface area contributed by atoms with Crippen LogP contribution in [-0.4, -0.2) is 69.3 Å². The Labute approximate surface area is 340 Å². The first-order chi connectivity index (χ1) is 26.5. The van der Waals surface area contributed by atoms with Crippen molar-refractivity contribution in [2.45, 2.75) is 157 Å². The van der Waals surface area contributed by atoms with Gasteiger partial charge in [0.1, 0.15) is 24.4 Å². The molecule has 3 fully saturated rings. The van der Waals surface area contributed by atoms with E-state index in [9.17, 15) is 29.4 Å². The number of aliphatic hydroxyl groups excluding tert-OH is 1. The molecule has 0 radical (unpaired) electrons. The topological polar surface area (TPSA) is 140 Å². The SMILES string of the molecule is CCCCCC(=O)OCC(C=C=C1C(C)(C)CC(OC(C)=O)CC1(C)O)=CC=CC(C)=CC=CC=C(C)C=CC=C(C)C(=O)CC12OC1(C)C(=O)C(O)CC2(C)C. The van der Waals surface area contributed by atoms with Gasteiger partial charge in [0, 0.05) is 37.2 Å². The van der Waals surface area contributed by atoms with Gasteiger partial charge in [0.05, 0.1) is 5.60 Å². The number of Topliss-reactive ketones (excluding diaryl/α,β-unsaturated/α-hetero) is 2. The van der Waals surface area contributed by atoms with Crippen molar-refractivity contribution in [3.63, 3.8) is 0 Å². The Balaban J connectivity index is 1.68. The highest BCUT2D eigenvalue weighted by Gasteiger charge is 2.80. The summed E-state index contributed by atoms with van der Waals surface area (Å²) in [5.74, 6) is -1.07. The molecule has 9 heteroatoms. The van der Waals surface area contributed by atoms with Crippen molar-refractivity contribution >= 4 is 23.5 Å². The highest BCUT2D eigenvalue weighted by Crippen LogP contribution is 2.65. The van der Waals surface area contributed by atoms with E-state index in [0.29, 0.717) is 29.6 Å². The van der Waals surface area contributed by atoms with Crippen molar-refractivity contribution in [3.05, 3.63) is 100 Å². The summed E-state index contributed by atoms with van der Waals surface area (Å²) in [6.45, 7) is 20.5. The van der Waals surface area contributed by atoms with Gasteiger partial charge in [-0.1, -0.05) is 119 Å². The predicted octanol–water partition coefficient (Wildman–Crippen LogP) is 8.97. The predicted molar refractivity (Wildman–Crippen MR) is 224 cm³/mol. The van der Waals surface area contributed by atoms with E-state index in [1.807, 2.05) is 96.2 Å². The van der Waals surface area contributed by atoms with Gasteiger partial charge in [-0.15, -0.1) is 5.73 Å². The molecule has 0 bridgehead atoms. The molecule has 5 unspecified atom stereocenters. The summed E-state index contributed by atoms with van der Waals surface area (Å²) in [7, 11) is 0. The maximum absolute atomic E-state index is 13.2. The monoisotopic (exact) mass is 786 g/mol. The number of fused-ring (bicyclic) bond motifs is 1. The van der Waals surface area contributed by atoms with E-state index >= 15 is 0 Å². The standard InChI is InChI=1S/C48H66O9/c1-12-13-14-25-42(52)55-32-37(26-27-41-44(6,7)28-38(56-36(5)49)29-46(41,10)54)24-18-22-34(3)20-16-15-19-33(2)21-17-23-35(4)39(50)31-48-45(8,9)30-40(51)43(53)47(48,11)57-48/h15-24,26,38,40,51,54H,12-14,25,28-32H2,1-11H3. The smallest absolute Gasteiger partial charge is 0.306 e. The molecule has 3 rings (SSSR count). The summed E-state index contributed by atoms with van der Waals surface area (Å²) in [6.07, 6.45) is 23.6. The molecule has 0 aromatic rings. The van der Waals surface area contributed by atoms with E-state index in [1.165, 1.54) is 6.92 Å². The molecular weight excluding hydrogens is 721 g/mol. The Morgan fingerprint density at radius 1 is 0.860 bits per heavy atom. The number of hydrogen-bond donors (Lipinski definition) is 2. The lowest BCUT2D eigenvalue weighted by Crippen LogP contribution is -2.54. The Morgan fingerprint density at radius 3 is 2.05 bits per heavy atom. The number of carbonyl (C=O) groups excluding carboxylic acids is 4. The number of esters is 2. The largest absolute Gasteiger partial charge is 0.462 e. The van der Waals surface area contributed by atoms with E-state index in [0.717, 1.165) is 30.4 Å². The molecule has 5 atom stereocenters. The lowest BCUT2D eigenvalue weighted by Gasteiger charge is -2.44. The first-order valence-corrected chi connectivity index (χ1v) is 20.2. The first-order valence-electron chi connectivity index (χ1n) is 20.2. The summed E-state index contributed by atoms with van der Waals surface area (Å²) < 4.78 is 17.0. The zero-order valence-corrected chi connectivity index (χ0v) is 36.1. The molecule has 1 saturated heterocycles. The molecule has 2 N–H and O–H groups in total. The number of hydrogen-bond acceptors (Lipinski definition) is 9. The van der Waals surface area contributed by atoms with E-state index in [1.54, 1.807) is 32.9 Å². The average molecular weight is 787 g/mol. The summed E-state index contributed by atoms with van der Waals surface area (Å²) in [6, 6.07) is 0. The van der Waals surface area contributed by atoms with Crippen LogP contribution in [0.2, 0.25) is 0 Å². The fourth-order valence-electron chi connectivity index (χ4n) is 8.26. The van der Waals surface area contributed by atoms with Crippen LogP contribution >= 0.6 is 0 Å². The molecule has 9 nitrogen and oxygen atoms in total. The number of carbonyl (C=O) groups is 4. The first kappa shape index (κ1) is 47.2. The van der Waals surface area contributed by atoms with Crippen LogP contribution in [0.5, 0.6) is 0 Å². The van der Waals surface area contributed by atoms with Gasteiger partial charge in [0.15, 0.2) is 17.2 Å². The Bertz CT molecular complexity index is 1800. The number of ketones is 2. The third-order valence-corrected chi connectivity index (χ3v) is 11.4. The number of unbranched alkanes of at least 4 members (excludes halogenated alkanes) is 2. The van der Waals surface area contributed by atoms with Crippen molar-refractivity contribution in [1.29, 1.82) is 0 Å². The van der Waals surface area contributed by atoms with Gasteiger partial charge in [0.2, 0.25) is 0 Å². The highest BCUT2D eigenvalue weighted by atomic mass is 16.6. The van der Waals surface area contributed by atoms with Gasteiger partial charge in [0.25, 0.3) is 0 Å². The number of aliphatic hydroxyl groups is 2. The Kier molecular flexibility index (Phi) is 16.2. The Morgan fingerprint density at radius 2 is 1.47 bits per heavy atom. The van der Waals surface area contributed by atoms with Gasteiger partial charge < -0.3 is 24.4 Å². The van der Waals surface area contributed by atoms with Crippen LogP contribution in [0.1, 0.15) is 128 Å². The van der Waals surface area contributed by atoms with E-state index in [-0.39, 0.29) is 49.4 Å². The Hall–Kier alpha value is -4.14. The molecule has 312 valence electrons.